The maximum Gasteiger partial charge on any atom is 0.343 e. The highest BCUT2D eigenvalue weighted by Gasteiger charge is 2.14. The molecular formula is C24H24O3. The van der Waals surface area contributed by atoms with E-state index in [2.05, 4.69) is 24.3 Å². The van der Waals surface area contributed by atoms with Crippen LogP contribution in [-0.2, 0) is 0 Å². The second-order valence-electron chi connectivity index (χ2n) is 6.84. The largest absolute Gasteiger partial charge is 0.496 e. The van der Waals surface area contributed by atoms with Crippen LogP contribution in [0, 0.1) is 27.7 Å². The van der Waals surface area contributed by atoms with Crippen molar-refractivity contribution in [2.24, 2.45) is 0 Å². The molecule has 0 saturated carbocycles. The molecular weight excluding hydrogens is 336 g/mol. The fraction of sp³-hybridized carbons (Fsp3) is 0.208. The van der Waals surface area contributed by atoms with Crippen LogP contribution in [0.4, 0.5) is 0 Å². The molecule has 0 spiro atoms. The van der Waals surface area contributed by atoms with E-state index >= 15 is 0 Å². The Morgan fingerprint density at radius 2 is 1.15 bits per heavy atom. The number of rotatable bonds is 4. The number of benzene rings is 3. The van der Waals surface area contributed by atoms with Crippen LogP contribution in [0.15, 0.2) is 54.6 Å². The van der Waals surface area contributed by atoms with Crippen molar-refractivity contribution in [3.05, 3.63) is 82.4 Å². The fourth-order valence-corrected chi connectivity index (χ4v) is 3.44. The van der Waals surface area contributed by atoms with E-state index in [9.17, 15) is 4.79 Å². The van der Waals surface area contributed by atoms with E-state index in [4.69, 9.17) is 9.47 Å². The molecule has 0 aliphatic heterocycles. The summed E-state index contributed by atoms with van der Waals surface area (Å²) in [6.07, 6.45) is 0. The number of aryl methyl sites for hydroxylation is 4. The van der Waals surface area contributed by atoms with Crippen LogP contribution < -0.4 is 9.47 Å². The summed E-state index contributed by atoms with van der Waals surface area (Å²) in [5, 5.41) is 0. The third-order valence-electron chi connectivity index (χ3n) is 4.66. The van der Waals surface area contributed by atoms with Gasteiger partial charge in [0.05, 0.1) is 12.7 Å². The summed E-state index contributed by atoms with van der Waals surface area (Å²) in [5.74, 6) is 1.20. The summed E-state index contributed by atoms with van der Waals surface area (Å²) in [7, 11) is 1.69. The summed E-state index contributed by atoms with van der Waals surface area (Å²) in [6.45, 7) is 8.02. The molecule has 0 amide bonds. The average molecular weight is 360 g/mol. The van der Waals surface area contributed by atoms with Crippen LogP contribution in [0.2, 0.25) is 0 Å². The predicted molar refractivity (Wildman–Crippen MR) is 109 cm³/mol. The maximum atomic E-state index is 12.4. The summed E-state index contributed by atoms with van der Waals surface area (Å²) in [4.78, 5) is 12.4. The third-order valence-corrected chi connectivity index (χ3v) is 4.66. The molecule has 27 heavy (non-hydrogen) atoms. The molecule has 0 atom stereocenters. The van der Waals surface area contributed by atoms with Gasteiger partial charge in [-0.2, -0.15) is 0 Å². The Kier molecular flexibility index (Phi) is 5.31. The van der Waals surface area contributed by atoms with E-state index in [0.29, 0.717) is 11.3 Å². The van der Waals surface area contributed by atoms with E-state index in [1.54, 1.807) is 19.2 Å². The minimum atomic E-state index is -0.342. The minimum absolute atomic E-state index is 0.342. The molecule has 0 bridgehead atoms. The molecule has 138 valence electrons. The van der Waals surface area contributed by atoms with Crippen molar-refractivity contribution < 1.29 is 14.3 Å². The number of ether oxygens (including phenoxy) is 2. The van der Waals surface area contributed by atoms with Crippen molar-refractivity contribution in [3.8, 4) is 22.6 Å². The summed E-state index contributed by atoms with van der Waals surface area (Å²) in [5.41, 5.74) is 6.82. The van der Waals surface area contributed by atoms with Crippen LogP contribution in [-0.4, -0.2) is 13.1 Å². The Labute approximate surface area is 160 Å². The zero-order chi connectivity index (χ0) is 19.6. The van der Waals surface area contributed by atoms with E-state index in [1.807, 2.05) is 45.9 Å². The molecule has 3 heteroatoms. The van der Waals surface area contributed by atoms with E-state index in [-0.39, 0.29) is 5.97 Å². The quantitative estimate of drug-likeness (QED) is 0.435. The summed E-state index contributed by atoms with van der Waals surface area (Å²) >= 11 is 0. The molecule has 0 aromatic heterocycles. The lowest BCUT2D eigenvalue weighted by Gasteiger charge is -2.15. The minimum Gasteiger partial charge on any atom is -0.496 e. The van der Waals surface area contributed by atoms with Crippen LogP contribution in [0.25, 0.3) is 11.1 Å². The van der Waals surface area contributed by atoms with Crippen LogP contribution in [0.3, 0.4) is 0 Å². The van der Waals surface area contributed by atoms with Gasteiger partial charge in [-0.05, 0) is 97.5 Å². The van der Waals surface area contributed by atoms with Crippen LogP contribution >= 0.6 is 0 Å². The van der Waals surface area contributed by atoms with Gasteiger partial charge in [-0.3, -0.25) is 0 Å². The zero-order valence-electron chi connectivity index (χ0n) is 16.4. The van der Waals surface area contributed by atoms with Gasteiger partial charge in [0.1, 0.15) is 11.5 Å². The monoisotopic (exact) mass is 360 g/mol. The van der Waals surface area contributed by atoms with Gasteiger partial charge in [0.25, 0.3) is 0 Å². The number of esters is 1. The standard InChI is InChI=1S/C24H24O3/c1-15-11-20(12-16(2)22(15)26-5)21-13-17(3)23(18(4)14-21)27-24(25)19-9-7-6-8-10-19/h6-14H,1-5H3. The van der Waals surface area contributed by atoms with Gasteiger partial charge in [-0.1, -0.05) is 18.2 Å². The van der Waals surface area contributed by atoms with Gasteiger partial charge in [0, 0.05) is 0 Å². The van der Waals surface area contributed by atoms with Gasteiger partial charge in [-0.25, -0.2) is 4.79 Å². The summed E-state index contributed by atoms with van der Waals surface area (Å²) < 4.78 is 11.1. The number of hydrogen-bond donors (Lipinski definition) is 0. The smallest absolute Gasteiger partial charge is 0.343 e. The zero-order valence-corrected chi connectivity index (χ0v) is 16.4. The van der Waals surface area contributed by atoms with Crippen molar-refractivity contribution >= 4 is 5.97 Å². The highest BCUT2D eigenvalue weighted by Crippen LogP contribution is 2.34. The second-order valence-corrected chi connectivity index (χ2v) is 6.84. The van der Waals surface area contributed by atoms with Crippen molar-refractivity contribution in [1.82, 2.24) is 0 Å². The number of hydrogen-bond acceptors (Lipinski definition) is 3. The van der Waals surface area contributed by atoms with Crippen LogP contribution in [0.5, 0.6) is 11.5 Å². The first kappa shape index (κ1) is 18.7. The van der Waals surface area contributed by atoms with Crippen molar-refractivity contribution in [1.29, 1.82) is 0 Å². The molecule has 3 aromatic carbocycles. The van der Waals surface area contributed by atoms with Gasteiger partial charge < -0.3 is 9.47 Å². The van der Waals surface area contributed by atoms with Gasteiger partial charge in [0.15, 0.2) is 0 Å². The first-order valence-electron chi connectivity index (χ1n) is 8.94. The van der Waals surface area contributed by atoms with Crippen molar-refractivity contribution in [2.75, 3.05) is 7.11 Å². The highest BCUT2D eigenvalue weighted by molar-refractivity contribution is 5.91. The number of carbonyl (C=O) groups excluding carboxylic acids is 1. The Morgan fingerprint density at radius 1 is 0.704 bits per heavy atom. The molecule has 0 saturated heterocycles. The van der Waals surface area contributed by atoms with Crippen LogP contribution in [0.1, 0.15) is 32.6 Å². The molecule has 0 radical (unpaired) electrons. The number of carbonyl (C=O) groups is 1. The average Bonchev–Trinajstić information content (AvgIpc) is 2.64. The van der Waals surface area contributed by atoms with Gasteiger partial charge in [-0.15, -0.1) is 0 Å². The first-order valence-corrected chi connectivity index (χ1v) is 8.94. The normalized spacial score (nSPS) is 10.6. The van der Waals surface area contributed by atoms with E-state index in [0.717, 1.165) is 39.1 Å². The molecule has 0 aliphatic carbocycles. The predicted octanol–water partition coefficient (Wildman–Crippen LogP) is 5.82. The SMILES string of the molecule is COc1c(C)cc(-c2cc(C)c(OC(=O)c3ccccc3)c(C)c2)cc1C. The lowest BCUT2D eigenvalue weighted by molar-refractivity contribution is 0.0732. The van der Waals surface area contributed by atoms with E-state index < -0.39 is 0 Å². The maximum absolute atomic E-state index is 12.4. The van der Waals surface area contributed by atoms with Crippen molar-refractivity contribution in [3.63, 3.8) is 0 Å². The molecule has 3 rings (SSSR count). The summed E-state index contributed by atoms with van der Waals surface area (Å²) in [6, 6.07) is 17.4. The molecule has 0 N–H and O–H groups in total. The van der Waals surface area contributed by atoms with Gasteiger partial charge in [0.2, 0.25) is 0 Å². The molecule has 0 unspecified atom stereocenters. The molecule has 3 nitrogen and oxygen atoms in total. The molecule has 0 heterocycles. The molecule has 3 aromatic rings. The fourth-order valence-electron chi connectivity index (χ4n) is 3.44. The highest BCUT2D eigenvalue weighted by atomic mass is 16.5. The van der Waals surface area contributed by atoms with Crippen molar-refractivity contribution in [2.45, 2.75) is 27.7 Å². The lowest BCUT2D eigenvalue weighted by Crippen LogP contribution is -2.10. The van der Waals surface area contributed by atoms with Gasteiger partial charge >= 0.3 is 5.97 Å². The molecule has 0 aliphatic rings. The number of methoxy groups -OCH3 is 1. The third kappa shape index (κ3) is 3.87. The Balaban J connectivity index is 1.95. The Morgan fingerprint density at radius 3 is 1.59 bits per heavy atom. The lowest BCUT2D eigenvalue weighted by atomic mass is 9.96. The second kappa shape index (κ2) is 7.67. The van der Waals surface area contributed by atoms with E-state index in [1.165, 1.54) is 0 Å². The first-order chi connectivity index (χ1) is 12.9. The Hall–Kier alpha value is -3.07. The molecule has 0 fully saturated rings. The Bertz CT molecular complexity index is 942. The topological polar surface area (TPSA) is 35.5 Å².